The molecule has 68 valence electrons. The highest BCUT2D eigenvalue weighted by Crippen LogP contribution is 2.31. The molecule has 0 aliphatic heterocycles. The van der Waals surface area contributed by atoms with Crippen molar-refractivity contribution in [3.63, 3.8) is 0 Å². The highest BCUT2D eigenvalue weighted by molar-refractivity contribution is 5.84. The highest BCUT2D eigenvalue weighted by Gasteiger charge is 2.33. The Morgan fingerprint density at radius 2 is 2.08 bits per heavy atom. The fourth-order valence-corrected chi connectivity index (χ4v) is 1.99. The molecule has 0 aromatic heterocycles. The number of carbonyl (C=O) groups excluding carboxylic acids is 1. The van der Waals surface area contributed by atoms with Crippen LogP contribution in [0.5, 0.6) is 0 Å². The van der Waals surface area contributed by atoms with E-state index in [2.05, 4.69) is 0 Å². The fraction of sp³-hybridized carbons (Fsp3) is 0.300. The van der Waals surface area contributed by atoms with E-state index in [0.717, 1.165) is 17.5 Å². The van der Waals surface area contributed by atoms with Crippen molar-refractivity contribution in [1.29, 1.82) is 0 Å². The van der Waals surface area contributed by atoms with Gasteiger partial charge in [0.25, 0.3) is 0 Å². The zero-order chi connectivity index (χ0) is 9.42. The van der Waals surface area contributed by atoms with E-state index in [9.17, 15) is 4.79 Å². The van der Waals surface area contributed by atoms with Crippen molar-refractivity contribution in [2.24, 2.45) is 11.5 Å². The van der Waals surface area contributed by atoms with Gasteiger partial charge in [0.2, 0.25) is 5.91 Å². The molecule has 0 saturated heterocycles. The van der Waals surface area contributed by atoms with Crippen LogP contribution >= 0.6 is 0 Å². The first-order valence-electron chi connectivity index (χ1n) is 4.33. The summed E-state index contributed by atoms with van der Waals surface area (Å²) >= 11 is 0. The zero-order valence-corrected chi connectivity index (χ0v) is 7.23. The molecular formula is C10H12N2O. The summed E-state index contributed by atoms with van der Waals surface area (Å²) in [4.78, 5) is 11.1. The molecule has 1 aliphatic carbocycles. The SMILES string of the molecule is NC(=O)C1c2ccccc2C[C@@H]1N. The van der Waals surface area contributed by atoms with Gasteiger partial charge in [-0.05, 0) is 17.5 Å². The number of fused-ring (bicyclic) bond motifs is 1. The van der Waals surface area contributed by atoms with Crippen molar-refractivity contribution in [3.05, 3.63) is 35.4 Å². The molecule has 0 saturated carbocycles. The predicted molar refractivity (Wildman–Crippen MR) is 50.1 cm³/mol. The standard InChI is InChI=1S/C10H12N2O/c11-8-5-6-3-1-2-4-7(6)9(8)10(12)13/h1-4,8-9H,5,11H2,(H2,12,13)/t8-,9?/m0/s1. The summed E-state index contributed by atoms with van der Waals surface area (Å²) < 4.78 is 0. The van der Waals surface area contributed by atoms with Gasteiger partial charge in [-0.3, -0.25) is 4.79 Å². The van der Waals surface area contributed by atoms with E-state index in [1.54, 1.807) is 0 Å². The van der Waals surface area contributed by atoms with Crippen molar-refractivity contribution < 1.29 is 4.79 Å². The first kappa shape index (κ1) is 8.26. The highest BCUT2D eigenvalue weighted by atomic mass is 16.1. The number of hydrogen-bond donors (Lipinski definition) is 2. The van der Waals surface area contributed by atoms with Crippen LogP contribution in [0.2, 0.25) is 0 Å². The molecule has 0 bridgehead atoms. The quantitative estimate of drug-likeness (QED) is 0.639. The van der Waals surface area contributed by atoms with Gasteiger partial charge in [-0.2, -0.15) is 0 Å². The molecule has 0 spiro atoms. The van der Waals surface area contributed by atoms with Crippen molar-refractivity contribution in [2.75, 3.05) is 0 Å². The van der Waals surface area contributed by atoms with Crippen LogP contribution < -0.4 is 11.5 Å². The molecule has 3 heteroatoms. The molecule has 0 radical (unpaired) electrons. The molecule has 4 N–H and O–H groups in total. The van der Waals surface area contributed by atoms with E-state index in [1.807, 2.05) is 24.3 Å². The molecule has 1 amide bonds. The lowest BCUT2D eigenvalue weighted by Crippen LogP contribution is -2.34. The van der Waals surface area contributed by atoms with E-state index >= 15 is 0 Å². The molecule has 1 unspecified atom stereocenters. The summed E-state index contributed by atoms with van der Waals surface area (Å²) in [6.45, 7) is 0. The monoisotopic (exact) mass is 176 g/mol. The lowest BCUT2D eigenvalue weighted by molar-refractivity contribution is -0.119. The normalized spacial score (nSPS) is 25.6. The van der Waals surface area contributed by atoms with Crippen LogP contribution in [-0.4, -0.2) is 11.9 Å². The second-order valence-corrected chi connectivity index (χ2v) is 3.45. The maximum absolute atomic E-state index is 11.1. The van der Waals surface area contributed by atoms with Crippen molar-refractivity contribution in [3.8, 4) is 0 Å². The van der Waals surface area contributed by atoms with Crippen LogP contribution in [-0.2, 0) is 11.2 Å². The predicted octanol–water partition coefficient (Wildman–Crippen LogP) is 0.139. The molecule has 13 heavy (non-hydrogen) atoms. The molecule has 3 nitrogen and oxygen atoms in total. The minimum absolute atomic E-state index is 0.144. The third-order valence-electron chi connectivity index (χ3n) is 2.58. The van der Waals surface area contributed by atoms with Gasteiger partial charge in [0.1, 0.15) is 0 Å². The molecule has 1 aromatic rings. The van der Waals surface area contributed by atoms with Crippen LogP contribution in [0, 0.1) is 0 Å². The topological polar surface area (TPSA) is 69.1 Å². The lowest BCUT2D eigenvalue weighted by Gasteiger charge is -2.11. The largest absolute Gasteiger partial charge is 0.369 e. The summed E-state index contributed by atoms with van der Waals surface area (Å²) in [6, 6.07) is 7.65. The van der Waals surface area contributed by atoms with Gasteiger partial charge in [0.05, 0.1) is 5.92 Å². The first-order chi connectivity index (χ1) is 6.20. The summed E-state index contributed by atoms with van der Waals surface area (Å²) in [5, 5.41) is 0. The Morgan fingerprint density at radius 3 is 2.77 bits per heavy atom. The van der Waals surface area contributed by atoms with Gasteiger partial charge < -0.3 is 11.5 Å². The third-order valence-corrected chi connectivity index (χ3v) is 2.58. The Morgan fingerprint density at radius 1 is 1.38 bits per heavy atom. The number of amides is 1. The molecule has 2 rings (SSSR count). The minimum atomic E-state index is -0.322. The summed E-state index contributed by atoms with van der Waals surface area (Å²) in [5.41, 5.74) is 13.3. The maximum Gasteiger partial charge on any atom is 0.226 e. The number of benzene rings is 1. The number of rotatable bonds is 1. The van der Waals surface area contributed by atoms with Crippen LogP contribution in [0.15, 0.2) is 24.3 Å². The Balaban J connectivity index is 2.46. The third kappa shape index (κ3) is 1.21. The number of carbonyl (C=O) groups is 1. The van der Waals surface area contributed by atoms with E-state index in [1.165, 1.54) is 0 Å². The van der Waals surface area contributed by atoms with E-state index in [4.69, 9.17) is 11.5 Å². The fourth-order valence-electron chi connectivity index (χ4n) is 1.99. The van der Waals surface area contributed by atoms with Gasteiger partial charge in [0.15, 0.2) is 0 Å². The van der Waals surface area contributed by atoms with Gasteiger partial charge in [-0.15, -0.1) is 0 Å². The van der Waals surface area contributed by atoms with Crippen LogP contribution in [0.1, 0.15) is 17.0 Å². The number of hydrogen-bond acceptors (Lipinski definition) is 2. The maximum atomic E-state index is 11.1. The summed E-state index contributed by atoms with van der Waals surface area (Å²) in [6.07, 6.45) is 0.754. The average Bonchev–Trinajstić information content (AvgIpc) is 2.39. The average molecular weight is 176 g/mol. The molecular weight excluding hydrogens is 164 g/mol. The summed E-state index contributed by atoms with van der Waals surface area (Å²) in [5.74, 6) is -0.617. The zero-order valence-electron chi connectivity index (χ0n) is 7.23. The molecule has 2 atom stereocenters. The van der Waals surface area contributed by atoms with Gasteiger partial charge in [0, 0.05) is 6.04 Å². The number of nitrogens with two attached hydrogens (primary N) is 2. The minimum Gasteiger partial charge on any atom is -0.369 e. The van der Waals surface area contributed by atoms with E-state index < -0.39 is 0 Å². The Kier molecular flexibility index (Phi) is 1.81. The van der Waals surface area contributed by atoms with Crippen LogP contribution in [0.25, 0.3) is 0 Å². The Labute approximate surface area is 76.7 Å². The lowest BCUT2D eigenvalue weighted by atomic mass is 9.98. The molecule has 1 aliphatic rings. The Hall–Kier alpha value is -1.35. The van der Waals surface area contributed by atoms with Crippen LogP contribution in [0.3, 0.4) is 0 Å². The van der Waals surface area contributed by atoms with Gasteiger partial charge in [-0.1, -0.05) is 24.3 Å². The molecule has 0 heterocycles. The van der Waals surface area contributed by atoms with E-state index in [0.29, 0.717) is 0 Å². The number of primary amides is 1. The smallest absolute Gasteiger partial charge is 0.226 e. The summed E-state index contributed by atoms with van der Waals surface area (Å²) in [7, 11) is 0. The van der Waals surface area contributed by atoms with Crippen molar-refractivity contribution in [1.82, 2.24) is 0 Å². The molecule has 0 fully saturated rings. The van der Waals surface area contributed by atoms with Crippen molar-refractivity contribution >= 4 is 5.91 Å². The van der Waals surface area contributed by atoms with Crippen molar-refractivity contribution in [2.45, 2.75) is 18.4 Å². The van der Waals surface area contributed by atoms with Crippen LogP contribution in [0.4, 0.5) is 0 Å². The second-order valence-electron chi connectivity index (χ2n) is 3.45. The molecule has 1 aromatic carbocycles. The first-order valence-corrected chi connectivity index (χ1v) is 4.33. The Bertz CT molecular complexity index is 349. The van der Waals surface area contributed by atoms with Gasteiger partial charge >= 0.3 is 0 Å². The second kappa shape index (κ2) is 2.85. The van der Waals surface area contributed by atoms with Gasteiger partial charge in [-0.25, -0.2) is 0 Å². The van der Waals surface area contributed by atoms with E-state index in [-0.39, 0.29) is 17.9 Å².